The quantitative estimate of drug-likeness (QED) is 0.397. The fourth-order valence-corrected chi connectivity index (χ4v) is 4.45. The lowest BCUT2D eigenvalue weighted by atomic mass is 10.2. The zero-order chi connectivity index (χ0) is 21.9. The molecule has 32 heavy (non-hydrogen) atoms. The summed E-state index contributed by atoms with van der Waals surface area (Å²) in [6, 6.07) is 21.7. The summed E-state index contributed by atoms with van der Waals surface area (Å²) >= 11 is 1.42. The lowest BCUT2D eigenvalue weighted by molar-refractivity contribution is -0.113. The average Bonchev–Trinajstić information content (AvgIpc) is 3.46. The summed E-state index contributed by atoms with van der Waals surface area (Å²) in [6.07, 6.45) is 2.35. The molecular weight excluding hydrogens is 420 g/mol. The van der Waals surface area contributed by atoms with Gasteiger partial charge in [-0.15, -0.1) is 10.2 Å². The number of para-hydroxylation sites is 1. The predicted octanol–water partition coefficient (Wildman–Crippen LogP) is 4.76. The minimum absolute atomic E-state index is 0.106. The highest BCUT2D eigenvalue weighted by Crippen LogP contribution is 2.40. The van der Waals surface area contributed by atoms with Gasteiger partial charge in [-0.05, 0) is 31.9 Å². The molecule has 0 radical (unpaired) electrons. The second kappa shape index (κ2) is 9.00. The number of nitrogens with zero attached hydrogens (tertiary/aromatic N) is 5. The summed E-state index contributed by atoms with van der Waals surface area (Å²) in [6.45, 7) is 2.90. The number of hydrogen-bond donors (Lipinski definition) is 1. The Morgan fingerprint density at radius 1 is 1.06 bits per heavy atom. The molecule has 7 nitrogen and oxygen atoms in total. The molecule has 1 amide bonds. The summed E-state index contributed by atoms with van der Waals surface area (Å²) in [7, 11) is 0. The molecule has 0 spiro atoms. The fourth-order valence-electron chi connectivity index (χ4n) is 3.64. The summed E-state index contributed by atoms with van der Waals surface area (Å²) in [5.41, 5.74) is 2.69. The molecule has 0 bridgehead atoms. The Labute approximate surface area is 190 Å². The fraction of sp³-hybridized carbons (Fsp3) is 0.250. The molecule has 162 valence electrons. The van der Waals surface area contributed by atoms with E-state index in [1.165, 1.54) is 24.6 Å². The van der Waals surface area contributed by atoms with E-state index in [4.69, 9.17) is 5.10 Å². The lowest BCUT2D eigenvalue weighted by Crippen LogP contribution is -2.17. The molecule has 1 N–H and O–H groups in total. The van der Waals surface area contributed by atoms with Crippen LogP contribution in [0.25, 0.3) is 16.9 Å². The van der Waals surface area contributed by atoms with Crippen molar-refractivity contribution in [3.05, 3.63) is 72.6 Å². The molecule has 2 aromatic carbocycles. The highest BCUT2D eigenvalue weighted by atomic mass is 32.2. The van der Waals surface area contributed by atoms with Crippen molar-refractivity contribution in [2.24, 2.45) is 0 Å². The van der Waals surface area contributed by atoms with Crippen molar-refractivity contribution in [3.63, 3.8) is 0 Å². The van der Waals surface area contributed by atoms with Gasteiger partial charge in [-0.2, -0.15) is 5.10 Å². The molecule has 5 rings (SSSR count). The highest BCUT2D eigenvalue weighted by molar-refractivity contribution is 7.99. The molecule has 8 heteroatoms. The minimum atomic E-state index is -0.106. The molecule has 0 saturated heterocycles. The monoisotopic (exact) mass is 444 g/mol. The van der Waals surface area contributed by atoms with Gasteiger partial charge in [0, 0.05) is 24.1 Å². The summed E-state index contributed by atoms with van der Waals surface area (Å²) in [4.78, 5) is 12.8. The molecule has 1 aliphatic carbocycles. The summed E-state index contributed by atoms with van der Waals surface area (Å²) < 4.78 is 3.89. The second-order valence-corrected chi connectivity index (χ2v) is 8.67. The van der Waals surface area contributed by atoms with E-state index >= 15 is 0 Å². The molecule has 0 atom stereocenters. The second-order valence-electron chi connectivity index (χ2n) is 7.72. The van der Waals surface area contributed by atoms with Crippen LogP contribution in [0.4, 0.5) is 5.82 Å². The van der Waals surface area contributed by atoms with Crippen LogP contribution in [0.3, 0.4) is 0 Å². The van der Waals surface area contributed by atoms with Crippen LogP contribution in [0.5, 0.6) is 0 Å². The minimum Gasteiger partial charge on any atom is -0.310 e. The lowest BCUT2D eigenvalue weighted by Gasteiger charge is -2.09. The zero-order valence-electron chi connectivity index (χ0n) is 17.8. The normalized spacial score (nSPS) is 13.3. The first-order chi connectivity index (χ1) is 15.7. The van der Waals surface area contributed by atoms with Crippen molar-refractivity contribution in [2.45, 2.75) is 37.4 Å². The van der Waals surface area contributed by atoms with Gasteiger partial charge in [-0.1, -0.05) is 60.3 Å². The van der Waals surface area contributed by atoms with Crippen LogP contribution in [0, 0.1) is 0 Å². The van der Waals surface area contributed by atoms with Gasteiger partial charge in [0.1, 0.15) is 11.6 Å². The Morgan fingerprint density at radius 3 is 2.47 bits per heavy atom. The molecule has 4 aromatic rings. The third kappa shape index (κ3) is 4.31. The Kier molecular flexibility index (Phi) is 5.77. The van der Waals surface area contributed by atoms with Crippen molar-refractivity contribution in [1.82, 2.24) is 24.5 Å². The van der Waals surface area contributed by atoms with Gasteiger partial charge in [0.15, 0.2) is 5.16 Å². The maximum atomic E-state index is 12.8. The Balaban J connectivity index is 1.35. The number of carbonyl (C=O) groups excluding carboxylic acids is 1. The Morgan fingerprint density at radius 2 is 1.78 bits per heavy atom. The molecule has 1 saturated carbocycles. The number of nitrogens with one attached hydrogen (secondary N) is 1. The number of hydrogen-bond acceptors (Lipinski definition) is 5. The SMILES string of the molecule is CCn1c(SCC(=O)Nc2cc(-c3ccccc3)nn2-c2ccccc2)nnc1C1CC1. The van der Waals surface area contributed by atoms with Gasteiger partial charge in [-0.3, -0.25) is 4.79 Å². The van der Waals surface area contributed by atoms with Gasteiger partial charge in [-0.25, -0.2) is 4.68 Å². The first-order valence-electron chi connectivity index (χ1n) is 10.8. The molecule has 0 unspecified atom stereocenters. The number of carbonyl (C=O) groups is 1. The van der Waals surface area contributed by atoms with Crippen LogP contribution in [-0.4, -0.2) is 36.2 Å². The van der Waals surface area contributed by atoms with Gasteiger partial charge in [0.25, 0.3) is 0 Å². The maximum absolute atomic E-state index is 12.8. The topological polar surface area (TPSA) is 77.6 Å². The maximum Gasteiger partial charge on any atom is 0.236 e. The van der Waals surface area contributed by atoms with E-state index in [1.54, 1.807) is 4.68 Å². The number of amides is 1. The molecule has 2 aromatic heterocycles. The Bertz CT molecular complexity index is 1210. The van der Waals surface area contributed by atoms with Gasteiger partial charge in [0.2, 0.25) is 5.91 Å². The largest absolute Gasteiger partial charge is 0.310 e. The zero-order valence-corrected chi connectivity index (χ0v) is 18.6. The number of anilines is 1. The van der Waals surface area contributed by atoms with Gasteiger partial charge >= 0.3 is 0 Å². The highest BCUT2D eigenvalue weighted by Gasteiger charge is 2.30. The molecule has 1 fully saturated rings. The van der Waals surface area contributed by atoms with Gasteiger partial charge < -0.3 is 9.88 Å². The first kappa shape index (κ1) is 20.5. The van der Waals surface area contributed by atoms with E-state index in [2.05, 4.69) is 27.0 Å². The van der Waals surface area contributed by atoms with Crippen LogP contribution < -0.4 is 5.32 Å². The first-order valence-corrected chi connectivity index (χ1v) is 11.8. The predicted molar refractivity (Wildman–Crippen MR) is 126 cm³/mol. The molecular formula is C24H24N6OS. The van der Waals surface area contributed by atoms with Crippen molar-refractivity contribution >= 4 is 23.5 Å². The smallest absolute Gasteiger partial charge is 0.236 e. The van der Waals surface area contributed by atoms with Crippen molar-refractivity contribution in [2.75, 3.05) is 11.1 Å². The van der Waals surface area contributed by atoms with E-state index in [0.717, 1.165) is 34.5 Å². The van der Waals surface area contributed by atoms with Crippen molar-refractivity contribution in [1.29, 1.82) is 0 Å². The van der Waals surface area contributed by atoms with E-state index in [0.29, 0.717) is 11.7 Å². The number of aromatic nitrogens is 5. The van der Waals surface area contributed by atoms with Crippen molar-refractivity contribution < 1.29 is 4.79 Å². The summed E-state index contributed by atoms with van der Waals surface area (Å²) in [5, 5.41) is 17.2. The molecule has 2 heterocycles. The van der Waals surface area contributed by atoms with E-state index < -0.39 is 0 Å². The molecule has 0 aliphatic heterocycles. The number of benzene rings is 2. The number of thioether (sulfide) groups is 1. The van der Waals surface area contributed by atoms with Gasteiger partial charge in [0.05, 0.1) is 17.1 Å². The van der Waals surface area contributed by atoms with Crippen LogP contribution >= 0.6 is 11.8 Å². The van der Waals surface area contributed by atoms with Crippen molar-refractivity contribution in [3.8, 4) is 16.9 Å². The van der Waals surface area contributed by atoms with E-state index in [-0.39, 0.29) is 11.7 Å². The molecule has 1 aliphatic rings. The van der Waals surface area contributed by atoms with E-state index in [1.807, 2.05) is 66.7 Å². The van der Waals surface area contributed by atoms with Crippen LogP contribution in [-0.2, 0) is 11.3 Å². The van der Waals surface area contributed by atoms with Crippen LogP contribution in [0.15, 0.2) is 71.9 Å². The van der Waals surface area contributed by atoms with Crippen LogP contribution in [0.2, 0.25) is 0 Å². The number of rotatable bonds is 8. The van der Waals surface area contributed by atoms with Crippen LogP contribution in [0.1, 0.15) is 31.5 Å². The third-order valence-corrected chi connectivity index (χ3v) is 6.35. The third-order valence-electron chi connectivity index (χ3n) is 5.38. The average molecular weight is 445 g/mol. The Hall–Kier alpha value is -3.39. The summed E-state index contributed by atoms with van der Waals surface area (Å²) in [5.74, 6) is 2.36. The standard InChI is InChI=1S/C24H24N6OS/c1-2-29-23(18-13-14-18)26-27-24(29)32-16-22(31)25-21-15-20(17-9-5-3-6-10-17)28-30(21)19-11-7-4-8-12-19/h3-12,15,18H,2,13-14,16H2,1H3,(H,25,31). The van der Waals surface area contributed by atoms with E-state index in [9.17, 15) is 4.79 Å².